The van der Waals surface area contributed by atoms with Crippen molar-refractivity contribution >= 4 is 23.3 Å². The maximum Gasteiger partial charge on any atom is 0.278 e. The fourth-order valence-corrected chi connectivity index (χ4v) is 3.09. The first-order chi connectivity index (χ1) is 12.6. The molecule has 1 N–H and O–H groups in total. The van der Waals surface area contributed by atoms with Crippen molar-refractivity contribution in [2.75, 3.05) is 37.4 Å². The highest BCUT2D eigenvalue weighted by Gasteiger charge is 2.25. The molecule has 0 unspecified atom stereocenters. The van der Waals surface area contributed by atoms with Crippen molar-refractivity contribution in [3.05, 3.63) is 42.5 Å². The molecule has 0 bridgehead atoms. The topological polar surface area (TPSA) is 91.5 Å². The van der Waals surface area contributed by atoms with E-state index in [0.717, 1.165) is 25.3 Å². The van der Waals surface area contributed by atoms with Gasteiger partial charge in [0.2, 0.25) is 5.95 Å². The van der Waals surface area contributed by atoms with Gasteiger partial charge in [-0.1, -0.05) is 0 Å². The molecule has 9 nitrogen and oxygen atoms in total. The van der Waals surface area contributed by atoms with E-state index in [2.05, 4.69) is 49.3 Å². The van der Waals surface area contributed by atoms with E-state index in [1.54, 1.807) is 23.0 Å². The third-order valence-corrected chi connectivity index (χ3v) is 4.59. The van der Waals surface area contributed by atoms with Crippen LogP contribution in [0.4, 0.5) is 11.8 Å². The molecule has 1 aliphatic rings. The smallest absolute Gasteiger partial charge is 0.278 e. The van der Waals surface area contributed by atoms with Crippen molar-refractivity contribution in [3.8, 4) is 0 Å². The number of hydrogen-bond donors (Lipinski definition) is 1. The summed E-state index contributed by atoms with van der Waals surface area (Å²) in [5, 5.41) is 7.30. The van der Waals surface area contributed by atoms with E-state index in [1.807, 2.05) is 12.1 Å². The monoisotopic (exact) mass is 352 g/mol. The molecule has 3 aromatic heterocycles. The summed E-state index contributed by atoms with van der Waals surface area (Å²) in [5.41, 5.74) is 0.967. The average Bonchev–Trinajstić information content (AvgIpc) is 3.29. The summed E-state index contributed by atoms with van der Waals surface area (Å²) in [4.78, 5) is 29.3. The minimum absolute atomic E-state index is 0.247. The lowest BCUT2D eigenvalue weighted by Gasteiger charge is -2.21. The lowest BCUT2D eigenvalue weighted by molar-refractivity contribution is 0.101. The summed E-state index contributed by atoms with van der Waals surface area (Å²) in [6.45, 7) is 1.86. The summed E-state index contributed by atoms with van der Waals surface area (Å²) in [6, 6.07) is 6.02. The Bertz CT molecular complexity index is 923. The van der Waals surface area contributed by atoms with Gasteiger partial charge in [-0.3, -0.25) is 10.1 Å². The van der Waals surface area contributed by atoms with Crippen LogP contribution in [-0.2, 0) is 0 Å². The highest BCUT2D eigenvalue weighted by atomic mass is 16.2. The van der Waals surface area contributed by atoms with Gasteiger partial charge in [-0.2, -0.15) is 0 Å². The summed E-state index contributed by atoms with van der Waals surface area (Å²) in [6.07, 6.45) is 5.75. The zero-order chi connectivity index (χ0) is 18.1. The van der Waals surface area contributed by atoms with Crippen LogP contribution in [0.1, 0.15) is 16.9 Å². The number of nitrogens with one attached hydrogen (secondary N) is 1. The molecule has 0 aromatic carbocycles. The fourth-order valence-electron chi connectivity index (χ4n) is 3.09. The quantitative estimate of drug-likeness (QED) is 0.746. The minimum atomic E-state index is -0.346. The van der Waals surface area contributed by atoms with Crippen molar-refractivity contribution in [1.82, 2.24) is 29.5 Å². The van der Waals surface area contributed by atoms with Crippen LogP contribution in [0.15, 0.2) is 36.8 Å². The van der Waals surface area contributed by atoms with Crippen molar-refractivity contribution in [2.24, 2.45) is 0 Å². The SMILES string of the molecule is CN(C)[C@H]1CCN(c2ccc3ncc(C(=O)Nc4ncccn4)n3n2)C1. The zero-order valence-corrected chi connectivity index (χ0v) is 14.7. The van der Waals surface area contributed by atoms with Crippen LogP contribution in [0.3, 0.4) is 0 Å². The molecule has 1 saturated heterocycles. The van der Waals surface area contributed by atoms with Crippen LogP contribution in [0.5, 0.6) is 0 Å². The average molecular weight is 352 g/mol. The third kappa shape index (κ3) is 3.08. The Kier molecular flexibility index (Phi) is 4.21. The number of hydrogen-bond acceptors (Lipinski definition) is 7. The number of carbonyl (C=O) groups is 1. The van der Waals surface area contributed by atoms with Gasteiger partial charge < -0.3 is 9.80 Å². The molecule has 1 fully saturated rings. The van der Waals surface area contributed by atoms with Crippen LogP contribution in [0.25, 0.3) is 5.65 Å². The molecule has 1 amide bonds. The Labute approximate surface area is 150 Å². The predicted octanol–water partition coefficient (Wildman–Crippen LogP) is 0.912. The number of imidazole rings is 1. The molecule has 1 atom stereocenters. The van der Waals surface area contributed by atoms with Gasteiger partial charge in [-0.25, -0.2) is 19.5 Å². The second-order valence-corrected chi connectivity index (χ2v) is 6.48. The zero-order valence-electron chi connectivity index (χ0n) is 14.7. The van der Waals surface area contributed by atoms with E-state index in [4.69, 9.17) is 0 Å². The first-order valence-electron chi connectivity index (χ1n) is 8.46. The van der Waals surface area contributed by atoms with Crippen molar-refractivity contribution in [3.63, 3.8) is 0 Å². The predicted molar refractivity (Wildman–Crippen MR) is 97.3 cm³/mol. The molecule has 9 heteroatoms. The van der Waals surface area contributed by atoms with Crippen molar-refractivity contribution < 1.29 is 4.79 Å². The van der Waals surface area contributed by atoms with Gasteiger partial charge in [0.05, 0.1) is 6.20 Å². The number of nitrogens with zero attached hydrogens (tertiary/aromatic N) is 7. The van der Waals surface area contributed by atoms with Crippen molar-refractivity contribution in [1.29, 1.82) is 0 Å². The molecule has 26 heavy (non-hydrogen) atoms. The van der Waals surface area contributed by atoms with Gasteiger partial charge >= 0.3 is 0 Å². The molecule has 134 valence electrons. The molecular weight excluding hydrogens is 332 g/mol. The first kappa shape index (κ1) is 16.4. The van der Waals surface area contributed by atoms with Gasteiger partial charge in [0.15, 0.2) is 11.3 Å². The molecule has 0 radical (unpaired) electrons. The van der Waals surface area contributed by atoms with E-state index in [0.29, 0.717) is 17.4 Å². The standard InChI is InChI=1S/C17H20N8O/c1-23(2)12-6-9-24(11-12)15-5-4-14-20-10-13(25(14)22-15)16(26)21-17-18-7-3-8-19-17/h3-5,7-8,10,12H,6,9,11H2,1-2H3,(H,18,19,21,26)/t12-/m0/s1. The van der Waals surface area contributed by atoms with Crippen LogP contribution in [0, 0.1) is 0 Å². The molecule has 0 spiro atoms. The van der Waals surface area contributed by atoms with Crippen LogP contribution >= 0.6 is 0 Å². The Morgan fingerprint density at radius 1 is 1.23 bits per heavy atom. The van der Waals surface area contributed by atoms with Crippen LogP contribution < -0.4 is 10.2 Å². The Hall–Kier alpha value is -3.07. The van der Waals surface area contributed by atoms with Crippen LogP contribution in [0.2, 0.25) is 0 Å². The molecule has 0 saturated carbocycles. The number of aromatic nitrogens is 5. The first-order valence-corrected chi connectivity index (χ1v) is 8.46. The highest BCUT2D eigenvalue weighted by molar-refractivity contribution is 6.02. The maximum atomic E-state index is 12.6. The summed E-state index contributed by atoms with van der Waals surface area (Å²) < 4.78 is 1.57. The number of carbonyl (C=O) groups excluding carboxylic acids is 1. The molecule has 4 rings (SSSR count). The number of rotatable bonds is 4. The van der Waals surface area contributed by atoms with Gasteiger partial charge in [-0.15, -0.1) is 5.10 Å². The lowest BCUT2D eigenvalue weighted by atomic mass is 10.2. The minimum Gasteiger partial charge on any atom is -0.354 e. The molecular formula is C17H20N8O. The number of anilines is 2. The Morgan fingerprint density at radius 2 is 2.04 bits per heavy atom. The molecule has 1 aliphatic heterocycles. The van der Waals surface area contributed by atoms with E-state index < -0.39 is 0 Å². The van der Waals surface area contributed by atoms with E-state index in [9.17, 15) is 4.79 Å². The van der Waals surface area contributed by atoms with Crippen LogP contribution in [-0.4, -0.2) is 68.6 Å². The normalized spacial score (nSPS) is 17.2. The summed E-state index contributed by atoms with van der Waals surface area (Å²) >= 11 is 0. The number of amides is 1. The van der Waals surface area contributed by atoms with E-state index in [1.165, 1.54) is 6.20 Å². The number of fused-ring (bicyclic) bond motifs is 1. The van der Waals surface area contributed by atoms with E-state index >= 15 is 0 Å². The summed E-state index contributed by atoms with van der Waals surface area (Å²) in [5.74, 6) is 0.739. The van der Waals surface area contributed by atoms with Crippen molar-refractivity contribution in [2.45, 2.75) is 12.5 Å². The van der Waals surface area contributed by atoms with Gasteiger partial charge in [-0.05, 0) is 38.7 Å². The highest BCUT2D eigenvalue weighted by Crippen LogP contribution is 2.21. The molecule has 0 aliphatic carbocycles. The van der Waals surface area contributed by atoms with Gasteiger partial charge in [0.25, 0.3) is 5.91 Å². The Balaban J connectivity index is 1.60. The van der Waals surface area contributed by atoms with Gasteiger partial charge in [0.1, 0.15) is 5.82 Å². The lowest BCUT2D eigenvalue weighted by Crippen LogP contribution is -2.32. The molecule has 3 aromatic rings. The largest absolute Gasteiger partial charge is 0.354 e. The third-order valence-electron chi connectivity index (χ3n) is 4.59. The van der Waals surface area contributed by atoms with E-state index in [-0.39, 0.29) is 11.9 Å². The molecule has 4 heterocycles. The fraction of sp³-hybridized carbons (Fsp3) is 0.353. The van der Waals surface area contributed by atoms with Gasteiger partial charge in [0, 0.05) is 31.5 Å². The second kappa shape index (κ2) is 6.68. The maximum absolute atomic E-state index is 12.6. The summed E-state index contributed by atoms with van der Waals surface area (Å²) in [7, 11) is 4.18. The Morgan fingerprint density at radius 3 is 2.77 bits per heavy atom. The number of likely N-dealkylation sites (N-methyl/N-ethyl adjacent to an activating group) is 1. The second-order valence-electron chi connectivity index (χ2n) is 6.48.